The van der Waals surface area contributed by atoms with Crippen molar-refractivity contribution in [1.29, 1.82) is 0 Å². The first-order valence-corrected chi connectivity index (χ1v) is 6.78. The molecule has 2 nitrogen and oxygen atoms in total. The van der Waals surface area contributed by atoms with Gasteiger partial charge in [0.05, 0.1) is 5.69 Å². The maximum absolute atomic E-state index is 5.86. The summed E-state index contributed by atoms with van der Waals surface area (Å²) in [5.74, 6) is 1.36. The molecule has 0 amide bonds. The van der Waals surface area contributed by atoms with E-state index in [1.165, 1.54) is 5.56 Å². The molecule has 0 atom stereocenters. The third kappa shape index (κ3) is 3.33. The Bertz CT molecular complexity index is 511. The molecule has 1 aromatic carbocycles. The molecule has 1 aromatic heterocycles. The Hall–Kier alpha value is -1.35. The van der Waals surface area contributed by atoms with Crippen LogP contribution >= 0.6 is 15.9 Å². The number of rotatable bonds is 4. The molecule has 0 unspecified atom stereocenters. The Morgan fingerprint density at radius 1 is 1.22 bits per heavy atom. The zero-order chi connectivity index (χ0) is 13.0. The fraction of sp³-hybridized carbons (Fsp3) is 0.267. The van der Waals surface area contributed by atoms with Crippen molar-refractivity contribution in [3.8, 4) is 5.75 Å². The first kappa shape index (κ1) is 13.1. The number of hydrogen-bond acceptors (Lipinski definition) is 2. The van der Waals surface area contributed by atoms with Crippen LogP contribution in [0.5, 0.6) is 5.75 Å². The van der Waals surface area contributed by atoms with Gasteiger partial charge in [-0.1, -0.05) is 35.8 Å². The van der Waals surface area contributed by atoms with Gasteiger partial charge in [0.25, 0.3) is 0 Å². The van der Waals surface area contributed by atoms with E-state index in [-0.39, 0.29) is 0 Å². The van der Waals surface area contributed by atoms with Crippen LogP contribution in [0.2, 0.25) is 0 Å². The Balaban J connectivity index is 2.14. The number of ether oxygens (including phenoxy) is 1. The van der Waals surface area contributed by atoms with Gasteiger partial charge in [-0.3, -0.25) is 4.98 Å². The van der Waals surface area contributed by atoms with E-state index >= 15 is 0 Å². The Morgan fingerprint density at radius 3 is 2.72 bits per heavy atom. The van der Waals surface area contributed by atoms with Gasteiger partial charge in [-0.2, -0.15) is 0 Å². The predicted molar refractivity (Wildman–Crippen MR) is 76.8 cm³/mol. The van der Waals surface area contributed by atoms with Crippen LogP contribution in [0.25, 0.3) is 0 Å². The smallest absolute Gasteiger partial charge is 0.130 e. The van der Waals surface area contributed by atoms with Crippen LogP contribution in [-0.4, -0.2) is 4.98 Å². The van der Waals surface area contributed by atoms with E-state index in [9.17, 15) is 0 Å². The number of pyridine rings is 1. The van der Waals surface area contributed by atoms with Crippen molar-refractivity contribution in [2.24, 2.45) is 0 Å². The van der Waals surface area contributed by atoms with Crippen molar-refractivity contribution >= 4 is 15.9 Å². The predicted octanol–water partition coefficient (Wildman–Crippen LogP) is 4.55. The number of benzene rings is 1. The number of nitrogens with zero attached hydrogens (tertiary/aromatic N) is 1. The molecule has 3 heteroatoms. The molecule has 0 N–H and O–H groups in total. The SMILES string of the molecule is CC(C)c1cc(Br)ccc1OCc1ccccn1. The molecule has 0 spiro atoms. The van der Waals surface area contributed by atoms with Crippen LogP contribution in [0.3, 0.4) is 0 Å². The van der Waals surface area contributed by atoms with Gasteiger partial charge >= 0.3 is 0 Å². The highest BCUT2D eigenvalue weighted by molar-refractivity contribution is 9.10. The third-order valence-electron chi connectivity index (χ3n) is 2.70. The lowest BCUT2D eigenvalue weighted by Gasteiger charge is -2.14. The second kappa shape index (κ2) is 6.01. The minimum atomic E-state index is 0.432. The lowest BCUT2D eigenvalue weighted by atomic mass is 10.0. The molecule has 0 aliphatic carbocycles. The fourth-order valence-corrected chi connectivity index (χ4v) is 2.12. The summed E-state index contributed by atoms with van der Waals surface area (Å²) in [7, 11) is 0. The van der Waals surface area contributed by atoms with Gasteiger partial charge in [-0.15, -0.1) is 0 Å². The van der Waals surface area contributed by atoms with Crippen molar-refractivity contribution in [2.45, 2.75) is 26.4 Å². The van der Waals surface area contributed by atoms with Gasteiger partial charge < -0.3 is 4.74 Å². The zero-order valence-corrected chi connectivity index (χ0v) is 12.1. The quantitative estimate of drug-likeness (QED) is 0.827. The average molecular weight is 306 g/mol. The van der Waals surface area contributed by atoms with Gasteiger partial charge in [0.1, 0.15) is 12.4 Å². The molecular formula is C15H16BrNO. The number of hydrogen-bond donors (Lipinski definition) is 0. The molecule has 1 heterocycles. The highest BCUT2D eigenvalue weighted by Crippen LogP contribution is 2.29. The van der Waals surface area contributed by atoms with Gasteiger partial charge in [-0.25, -0.2) is 0 Å². The summed E-state index contributed by atoms with van der Waals surface area (Å²) in [5.41, 5.74) is 2.15. The van der Waals surface area contributed by atoms with E-state index in [0.717, 1.165) is 15.9 Å². The van der Waals surface area contributed by atoms with Gasteiger partial charge in [0, 0.05) is 10.7 Å². The van der Waals surface area contributed by atoms with Crippen molar-refractivity contribution in [2.75, 3.05) is 0 Å². The van der Waals surface area contributed by atoms with E-state index in [2.05, 4.69) is 40.8 Å². The van der Waals surface area contributed by atoms with E-state index in [1.54, 1.807) is 6.20 Å². The van der Waals surface area contributed by atoms with E-state index < -0.39 is 0 Å². The zero-order valence-electron chi connectivity index (χ0n) is 10.6. The van der Waals surface area contributed by atoms with Gasteiger partial charge in [0.2, 0.25) is 0 Å². The normalized spacial score (nSPS) is 10.7. The Kier molecular flexibility index (Phi) is 4.37. The van der Waals surface area contributed by atoms with Crippen molar-refractivity contribution in [1.82, 2.24) is 4.98 Å². The monoisotopic (exact) mass is 305 g/mol. The molecule has 18 heavy (non-hydrogen) atoms. The summed E-state index contributed by atoms with van der Waals surface area (Å²) in [4.78, 5) is 4.25. The molecule has 2 aromatic rings. The maximum atomic E-state index is 5.86. The van der Waals surface area contributed by atoms with Crippen molar-refractivity contribution < 1.29 is 4.74 Å². The number of aromatic nitrogens is 1. The molecule has 94 valence electrons. The summed E-state index contributed by atoms with van der Waals surface area (Å²) in [5, 5.41) is 0. The van der Waals surface area contributed by atoms with Crippen LogP contribution < -0.4 is 4.74 Å². The average Bonchev–Trinajstić information content (AvgIpc) is 2.38. The van der Waals surface area contributed by atoms with E-state index in [0.29, 0.717) is 12.5 Å². The Morgan fingerprint density at radius 2 is 2.06 bits per heavy atom. The van der Waals surface area contributed by atoms with Crippen LogP contribution in [-0.2, 0) is 6.61 Å². The van der Waals surface area contributed by atoms with Gasteiger partial charge in [0.15, 0.2) is 0 Å². The first-order chi connectivity index (χ1) is 8.66. The number of halogens is 1. The van der Waals surface area contributed by atoms with Crippen molar-refractivity contribution in [3.63, 3.8) is 0 Å². The summed E-state index contributed by atoms with van der Waals surface area (Å²) < 4.78 is 6.94. The van der Waals surface area contributed by atoms with Crippen LogP contribution in [0.15, 0.2) is 47.1 Å². The molecule has 0 aliphatic rings. The topological polar surface area (TPSA) is 22.1 Å². The summed E-state index contributed by atoms with van der Waals surface area (Å²) in [6.45, 7) is 4.83. The van der Waals surface area contributed by atoms with Gasteiger partial charge in [-0.05, 0) is 41.8 Å². The van der Waals surface area contributed by atoms with E-state index in [1.807, 2.05) is 30.3 Å². The minimum absolute atomic E-state index is 0.432. The van der Waals surface area contributed by atoms with E-state index in [4.69, 9.17) is 4.74 Å². The molecule has 2 rings (SSSR count). The Labute approximate surface area is 116 Å². The molecule has 0 bridgehead atoms. The van der Waals surface area contributed by atoms with Crippen molar-refractivity contribution in [3.05, 3.63) is 58.3 Å². The van der Waals surface area contributed by atoms with Crippen LogP contribution in [0.1, 0.15) is 31.0 Å². The standard InChI is InChI=1S/C15H16BrNO/c1-11(2)14-9-12(16)6-7-15(14)18-10-13-5-3-4-8-17-13/h3-9,11H,10H2,1-2H3. The molecule has 0 fully saturated rings. The first-order valence-electron chi connectivity index (χ1n) is 5.99. The summed E-state index contributed by atoms with van der Waals surface area (Å²) in [6, 6.07) is 12.0. The maximum Gasteiger partial charge on any atom is 0.130 e. The second-order valence-corrected chi connectivity index (χ2v) is 5.36. The lowest BCUT2D eigenvalue weighted by molar-refractivity contribution is 0.297. The fourth-order valence-electron chi connectivity index (χ4n) is 1.74. The second-order valence-electron chi connectivity index (χ2n) is 4.45. The highest BCUT2D eigenvalue weighted by Gasteiger charge is 2.08. The van der Waals surface area contributed by atoms with Crippen LogP contribution in [0, 0.1) is 0 Å². The third-order valence-corrected chi connectivity index (χ3v) is 3.19. The largest absolute Gasteiger partial charge is 0.487 e. The summed E-state index contributed by atoms with van der Waals surface area (Å²) in [6.07, 6.45) is 1.78. The minimum Gasteiger partial charge on any atom is -0.487 e. The summed E-state index contributed by atoms with van der Waals surface area (Å²) >= 11 is 3.49. The highest BCUT2D eigenvalue weighted by atomic mass is 79.9. The van der Waals surface area contributed by atoms with Crippen LogP contribution in [0.4, 0.5) is 0 Å². The molecule has 0 aliphatic heterocycles. The molecule has 0 saturated heterocycles. The molecule has 0 radical (unpaired) electrons. The molecule has 0 saturated carbocycles. The molecular weight excluding hydrogens is 290 g/mol. The lowest BCUT2D eigenvalue weighted by Crippen LogP contribution is -2.01.